The molecular formula is C23H19BrCl2N4O2. The van der Waals surface area contributed by atoms with Crippen molar-refractivity contribution in [1.82, 2.24) is 19.5 Å². The molecule has 9 heteroatoms. The van der Waals surface area contributed by atoms with Crippen LogP contribution in [0, 0.1) is 0 Å². The van der Waals surface area contributed by atoms with Gasteiger partial charge >= 0.3 is 0 Å². The van der Waals surface area contributed by atoms with Gasteiger partial charge in [0.25, 0.3) is 0 Å². The zero-order chi connectivity index (χ0) is 22.5. The summed E-state index contributed by atoms with van der Waals surface area (Å²) in [5, 5.41) is 1.18. The summed E-state index contributed by atoms with van der Waals surface area (Å²) < 4.78 is 14.5. The molecular weight excluding hydrogens is 515 g/mol. The summed E-state index contributed by atoms with van der Waals surface area (Å²) in [6.07, 6.45) is 3.48. The number of ether oxygens (including phenoxy) is 2. The van der Waals surface area contributed by atoms with Gasteiger partial charge in [-0.1, -0.05) is 29.3 Å². The average molecular weight is 534 g/mol. The number of aromatic nitrogens is 4. The maximum Gasteiger partial charge on any atom is 0.245 e. The third kappa shape index (κ3) is 3.93. The van der Waals surface area contributed by atoms with E-state index in [-0.39, 0.29) is 5.60 Å². The molecule has 1 aliphatic rings. The van der Waals surface area contributed by atoms with Gasteiger partial charge in [0, 0.05) is 20.6 Å². The molecule has 6 nitrogen and oxygen atoms in total. The summed E-state index contributed by atoms with van der Waals surface area (Å²) >= 11 is 16.5. The van der Waals surface area contributed by atoms with Crippen molar-refractivity contribution >= 4 is 50.3 Å². The van der Waals surface area contributed by atoms with Crippen LogP contribution >= 0.6 is 39.1 Å². The Kier molecular flexibility index (Phi) is 5.51. The molecule has 4 aromatic rings. The van der Waals surface area contributed by atoms with Gasteiger partial charge in [0.05, 0.1) is 18.7 Å². The number of fused-ring (bicyclic) bond motifs is 1. The molecule has 1 saturated carbocycles. The molecule has 32 heavy (non-hydrogen) atoms. The van der Waals surface area contributed by atoms with E-state index in [0.717, 1.165) is 34.2 Å². The van der Waals surface area contributed by atoms with E-state index >= 15 is 0 Å². The van der Waals surface area contributed by atoms with Crippen molar-refractivity contribution in [3.8, 4) is 23.0 Å². The van der Waals surface area contributed by atoms with Crippen molar-refractivity contribution in [3.05, 3.63) is 62.8 Å². The van der Waals surface area contributed by atoms with Gasteiger partial charge in [0.15, 0.2) is 11.2 Å². The zero-order valence-corrected chi connectivity index (χ0v) is 20.5. The number of methoxy groups -OCH3 is 1. The molecule has 2 aromatic heterocycles. The molecule has 2 aromatic carbocycles. The Morgan fingerprint density at radius 2 is 1.97 bits per heavy atom. The second kappa shape index (κ2) is 8.21. The van der Waals surface area contributed by atoms with Crippen LogP contribution in [-0.2, 0) is 6.54 Å². The van der Waals surface area contributed by atoms with E-state index in [4.69, 9.17) is 37.7 Å². The summed E-state index contributed by atoms with van der Waals surface area (Å²) in [5.74, 6) is 1.84. The number of hydrogen-bond donors (Lipinski definition) is 0. The van der Waals surface area contributed by atoms with Gasteiger partial charge in [-0.3, -0.25) is 0 Å². The first kappa shape index (κ1) is 21.5. The second-order valence-electron chi connectivity index (χ2n) is 7.98. The van der Waals surface area contributed by atoms with Gasteiger partial charge in [0.2, 0.25) is 5.88 Å². The summed E-state index contributed by atoms with van der Waals surface area (Å²) in [7, 11) is 1.63. The van der Waals surface area contributed by atoms with Crippen molar-refractivity contribution in [1.29, 1.82) is 0 Å². The van der Waals surface area contributed by atoms with E-state index in [1.165, 1.54) is 6.33 Å². The lowest BCUT2D eigenvalue weighted by molar-refractivity contribution is 0.194. The average Bonchev–Trinajstić information content (AvgIpc) is 3.39. The van der Waals surface area contributed by atoms with Crippen molar-refractivity contribution in [2.45, 2.75) is 31.9 Å². The number of nitrogens with zero attached hydrogens (tertiary/aromatic N) is 4. The Morgan fingerprint density at radius 1 is 1.16 bits per heavy atom. The highest BCUT2D eigenvalue weighted by Gasteiger charge is 2.41. The van der Waals surface area contributed by atoms with Crippen LogP contribution in [0.4, 0.5) is 0 Å². The SMILES string of the molecule is COc1ccc(Cl)cc1Cn1c(-c2cccc(Br)c2Cl)nc2c(OC3(C)CC3)ncnc21. The zero-order valence-electron chi connectivity index (χ0n) is 17.4. The third-order valence-corrected chi connectivity index (χ3v) is 7.09. The van der Waals surface area contributed by atoms with Crippen molar-refractivity contribution < 1.29 is 9.47 Å². The quantitative estimate of drug-likeness (QED) is 0.281. The van der Waals surface area contributed by atoms with Crippen LogP contribution < -0.4 is 9.47 Å². The number of rotatable bonds is 6. The Morgan fingerprint density at radius 3 is 2.72 bits per heavy atom. The molecule has 0 amide bonds. The van der Waals surface area contributed by atoms with Crippen LogP contribution in [0.15, 0.2) is 47.2 Å². The molecule has 0 N–H and O–H groups in total. The molecule has 0 radical (unpaired) electrons. The predicted octanol–water partition coefficient (Wildman–Crippen LogP) is 6.55. The maximum atomic E-state index is 6.66. The topological polar surface area (TPSA) is 62.1 Å². The molecule has 2 heterocycles. The van der Waals surface area contributed by atoms with Crippen LogP contribution in [0.5, 0.6) is 11.6 Å². The van der Waals surface area contributed by atoms with Crippen LogP contribution in [0.3, 0.4) is 0 Å². The van der Waals surface area contributed by atoms with Gasteiger partial charge < -0.3 is 14.0 Å². The molecule has 0 spiro atoms. The number of halogens is 3. The van der Waals surface area contributed by atoms with E-state index in [9.17, 15) is 0 Å². The first-order valence-electron chi connectivity index (χ1n) is 10.1. The summed E-state index contributed by atoms with van der Waals surface area (Å²) in [5.41, 5.74) is 2.69. The van der Waals surface area contributed by atoms with Gasteiger partial charge in [-0.2, -0.15) is 4.98 Å². The minimum absolute atomic E-state index is 0.200. The van der Waals surface area contributed by atoms with Crippen molar-refractivity contribution in [2.75, 3.05) is 7.11 Å². The van der Waals surface area contributed by atoms with E-state index in [0.29, 0.717) is 39.5 Å². The molecule has 0 atom stereocenters. The molecule has 5 rings (SSSR count). The van der Waals surface area contributed by atoms with Crippen molar-refractivity contribution in [3.63, 3.8) is 0 Å². The highest BCUT2D eigenvalue weighted by Crippen LogP contribution is 2.42. The molecule has 164 valence electrons. The van der Waals surface area contributed by atoms with Gasteiger partial charge in [-0.15, -0.1) is 0 Å². The fraction of sp³-hybridized carbons (Fsp3) is 0.261. The van der Waals surface area contributed by atoms with E-state index in [1.54, 1.807) is 13.2 Å². The summed E-state index contributed by atoms with van der Waals surface area (Å²) in [6.45, 7) is 2.49. The minimum atomic E-state index is -0.200. The number of hydrogen-bond acceptors (Lipinski definition) is 5. The van der Waals surface area contributed by atoms with Gasteiger partial charge in [-0.25, -0.2) is 9.97 Å². The first-order valence-corrected chi connectivity index (χ1v) is 11.6. The Bertz CT molecular complexity index is 1340. The summed E-state index contributed by atoms with van der Waals surface area (Å²) in [4.78, 5) is 13.8. The highest BCUT2D eigenvalue weighted by molar-refractivity contribution is 9.10. The van der Waals surface area contributed by atoms with Gasteiger partial charge in [0.1, 0.15) is 23.5 Å². The molecule has 0 bridgehead atoms. The van der Waals surface area contributed by atoms with Crippen LogP contribution in [-0.4, -0.2) is 32.2 Å². The third-order valence-electron chi connectivity index (χ3n) is 5.56. The lowest BCUT2D eigenvalue weighted by atomic mass is 10.1. The van der Waals surface area contributed by atoms with Crippen LogP contribution in [0.2, 0.25) is 10.0 Å². The fourth-order valence-corrected chi connectivity index (χ4v) is 4.35. The Hall–Kier alpha value is -2.35. The van der Waals surface area contributed by atoms with Gasteiger partial charge in [-0.05, 0) is 66.0 Å². The molecule has 0 aliphatic heterocycles. The molecule has 1 fully saturated rings. The predicted molar refractivity (Wildman–Crippen MR) is 129 cm³/mol. The smallest absolute Gasteiger partial charge is 0.245 e. The normalized spacial score (nSPS) is 14.5. The van der Waals surface area contributed by atoms with E-state index in [2.05, 4.69) is 32.8 Å². The first-order chi connectivity index (χ1) is 15.4. The number of benzene rings is 2. The Labute approximate surface area is 203 Å². The lowest BCUT2D eigenvalue weighted by Gasteiger charge is -2.14. The molecule has 0 saturated heterocycles. The highest BCUT2D eigenvalue weighted by atomic mass is 79.9. The molecule has 0 unspecified atom stereocenters. The summed E-state index contributed by atoms with van der Waals surface area (Å²) in [6, 6.07) is 11.3. The van der Waals surface area contributed by atoms with E-state index < -0.39 is 0 Å². The second-order valence-corrected chi connectivity index (χ2v) is 9.65. The minimum Gasteiger partial charge on any atom is -0.496 e. The van der Waals surface area contributed by atoms with E-state index in [1.807, 2.05) is 34.9 Å². The standard InChI is InChI=1S/C23H19BrCl2N4O2/c1-23(8-9-23)32-22-19-21(27-12-28-22)30(11-13-10-14(25)6-7-17(13)31-2)20(29-19)15-4-3-5-16(24)18(15)26/h3-7,10,12H,8-9,11H2,1-2H3. The monoisotopic (exact) mass is 532 g/mol. The molecule has 1 aliphatic carbocycles. The maximum absolute atomic E-state index is 6.66. The van der Waals surface area contributed by atoms with Crippen molar-refractivity contribution in [2.24, 2.45) is 0 Å². The lowest BCUT2D eigenvalue weighted by Crippen LogP contribution is -2.13. The fourth-order valence-electron chi connectivity index (χ4n) is 3.57. The number of imidazole rings is 1. The Balaban J connectivity index is 1.73. The van der Waals surface area contributed by atoms with Crippen LogP contribution in [0.1, 0.15) is 25.3 Å². The van der Waals surface area contributed by atoms with Crippen LogP contribution in [0.25, 0.3) is 22.6 Å². The largest absolute Gasteiger partial charge is 0.496 e.